The van der Waals surface area contributed by atoms with Gasteiger partial charge in [0.1, 0.15) is 12.4 Å². The van der Waals surface area contributed by atoms with Gasteiger partial charge in [0.05, 0.1) is 12.8 Å². The van der Waals surface area contributed by atoms with Crippen LogP contribution in [0.15, 0.2) is 60.9 Å². The number of carbonyl (C=O) groups excluding carboxylic acids is 2. The Morgan fingerprint density at radius 2 is 1.96 bits per heavy atom. The van der Waals surface area contributed by atoms with Crippen molar-refractivity contribution in [1.82, 2.24) is 25.5 Å². The van der Waals surface area contributed by atoms with E-state index in [2.05, 4.69) is 20.8 Å². The Morgan fingerprint density at radius 3 is 2.65 bits per heavy atom. The average Bonchev–Trinajstić information content (AvgIpc) is 3.22. The Hall–Kier alpha value is -3.55. The maximum atomic E-state index is 12.6. The van der Waals surface area contributed by atoms with Crippen LogP contribution in [0.2, 0.25) is 0 Å². The van der Waals surface area contributed by atoms with Gasteiger partial charge in [0, 0.05) is 12.0 Å². The van der Waals surface area contributed by atoms with Crippen molar-refractivity contribution in [3.8, 4) is 5.69 Å². The minimum Gasteiger partial charge on any atom is -0.467 e. The second-order valence-electron chi connectivity index (χ2n) is 5.54. The summed E-state index contributed by atoms with van der Waals surface area (Å²) in [5.74, 6) is -0.884. The molecule has 0 bridgehead atoms. The number of rotatable bonds is 6. The summed E-state index contributed by atoms with van der Waals surface area (Å²) in [6.07, 6.45) is 1.77. The molecule has 8 heteroatoms. The van der Waals surface area contributed by atoms with Crippen molar-refractivity contribution in [2.75, 3.05) is 7.11 Å². The minimum absolute atomic E-state index is 0.339. The van der Waals surface area contributed by atoms with Gasteiger partial charge in [-0.1, -0.05) is 36.4 Å². The van der Waals surface area contributed by atoms with Crippen LogP contribution in [0.25, 0.3) is 5.69 Å². The lowest BCUT2D eigenvalue weighted by Crippen LogP contribution is -2.43. The Bertz CT molecular complexity index is 881. The van der Waals surface area contributed by atoms with Crippen LogP contribution in [0, 0.1) is 0 Å². The SMILES string of the molecule is COC(=O)[C@@H](Cc1ccccc1)NC(=O)c1cccc(-n2cnnn2)c1. The largest absolute Gasteiger partial charge is 0.467 e. The minimum atomic E-state index is -0.786. The van der Waals surface area contributed by atoms with E-state index in [0.29, 0.717) is 17.7 Å². The van der Waals surface area contributed by atoms with Crippen LogP contribution in [0.3, 0.4) is 0 Å². The number of carbonyl (C=O) groups is 2. The number of nitrogens with zero attached hydrogens (tertiary/aromatic N) is 4. The second-order valence-corrected chi connectivity index (χ2v) is 5.54. The molecule has 1 N–H and O–H groups in total. The van der Waals surface area contributed by atoms with E-state index in [-0.39, 0.29) is 5.91 Å². The highest BCUT2D eigenvalue weighted by molar-refractivity contribution is 5.97. The lowest BCUT2D eigenvalue weighted by atomic mass is 10.1. The normalized spacial score (nSPS) is 11.6. The monoisotopic (exact) mass is 351 g/mol. The van der Waals surface area contributed by atoms with Crippen LogP contribution in [-0.4, -0.2) is 45.2 Å². The quantitative estimate of drug-likeness (QED) is 0.670. The molecule has 0 aliphatic heterocycles. The molecule has 132 valence electrons. The van der Waals surface area contributed by atoms with Gasteiger partial charge in [-0.25, -0.2) is 9.48 Å². The Labute approximate surface area is 149 Å². The fraction of sp³-hybridized carbons (Fsp3) is 0.167. The summed E-state index contributed by atoms with van der Waals surface area (Å²) in [6.45, 7) is 0. The van der Waals surface area contributed by atoms with E-state index in [1.54, 1.807) is 24.3 Å². The number of ether oxygens (including phenoxy) is 1. The van der Waals surface area contributed by atoms with E-state index in [0.717, 1.165) is 5.56 Å². The molecular formula is C18H17N5O3. The maximum Gasteiger partial charge on any atom is 0.328 e. The number of amides is 1. The van der Waals surface area contributed by atoms with Gasteiger partial charge in [0.2, 0.25) is 0 Å². The zero-order valence-corrected chi connectivity index (χ0v) is 14.1. The van der Waals surface area contributed by atoms with Gasteiger partial charge in [-0.2, -0.15) is 0 Å². The third-order valence-corrected chi connectivity index (χ3v) is 3.80. The summed E-state index contributed by atoms with van der Waals surface area (Å²) < 4.78 is 6.26. The first-order valence-corrected chi connectivity index (χ1v) is 7.93. The molecule has 0 saturated heterocycles. The molecule has 0 aliphatic carbocycles. The number of hydrogen-bond acceptors (Lipinski definition) is 6. The van der Waals surface area contributed by atoms with Gasteiger partial charge >= 0.3 is 5.97 Å². The molecule has 3 aromatic rings. The molecule has 0 spiro atoms. The van der Waals surface area contributed by atoms with Crippen molar-refractivity contribution >= 4 is 11.9 Å². The maximum absolute atomic E-state index is 12.6. The third-order valence-electron chi connectivity index (χ3n) is 3.80. The van der Waals surface area contributed by atoms with Crippen LogP contribution >= 0.6 is 0 Å². The molecule has 0 aliphatic rings. The predicted octanol–water partition coefficient (Wildman–Crippen LogP) is 1.18. The van der Waals surface area contributed by atoms with E-state index in [4.69, 9.17) is 4.74 Å². The molecule has 0 unspecified atom stereocenters. The first kappa shape index (κ1) is 17.3. The van der Waals surface area contributed by atoms with Crippen LogP contribution in [0.1, 0.15) is 15.9 Å². The number of aromatic nitrogens is 4. The van der Waals surface area contributed by atoms with Crippen LogP contribution in [-0.2, 0) is 16.0 Å². The van der Waals surface area contributed by atoms with Crippen molar-refractivity contribution in [2.45, 2.75) is 12.5 Å². The van der Waals surface area contributed by atoms with E-state index < -0.39 is 12.0 Å². The number of hydrogen-bond donors (Lipinski definition) is 1. The molecule has 3 rings (SSSR count). The van der Waals surface area contributed by atoms with Crippen molar-refractivity contribution in [3.63, 3.8) is 0 Å². The molecule has 1 atom stereocenters. The number of methoxy groups -OCH3 is 1. The Morgan fingerprint density at radius 1 is 1.15 bits per heavy atom. The summed E-state index contributed by atoms with van der Waals surface area (Å²) >= 11 is 0. The first-order chi connectivity index (χ1) is 12.7. The molecule has 26 heavy (non-hydrogen) atoms. The predicted molar refractivity (Wildman–Crippen MR) is 92.6 cm³/mol. The smallest absolute Gasteiger partial charge is 0.328 e. The molecular weight excluding hydrogens is 334 g/mol. The van der Waals surface area contributed by atoms with Crippen LogP contribution in [0.5, 0.6) is 0 Å². The number of benzene rings is 2. The number of tetrazole rings is 1. The molecule has 2 aromatic carbocycles. The number of nitrogens with one attached hydrogen (secondary N) is 1. The van der Waals surface area contributed by atoms with Gasteiger partial charge in [0.15, 0.2) is 0 Å². The van der Waals surface area contributed by atoms with Gasteiger partial charge in [-0.15, -0.1) is 5.10 Å². The lowest BCUT2D eigenvalue weighted by molar-refractivity contribution is -0.142. The van der Waals surface area contributed by atoms with E-state index in [1.807, 2.05) is 30.3 Å². The van der Waals surface area contributed by atoms with E-state index in [1.165, 1.54) is 18.1 Å². The standard InChI is InChI=1S/C18H17N5O3/c1-26-18(25)16(10-13-6-3-2-4-7-13)20-17(24)14-8-5-9-15(11-14)23-12-19-21-22-23/h2-9,11-12,16H,10H2,1H3,(H,20,24)/t16-/m1/s1. The van der Waals surface area contributed by atoms with E-state index >= 15 is 0 Å². The molecule has 0 fully saturated rings. The fourth-order valence-corrected chi connectivity index (χ4v) is 2.50. The highest BCUT2D eigenvalue weighted by Crippen LogP contribution is 2.10. The van der Waals surface area contributed by atoms with Crippen molar-refractivity contribution in [3.05, 3.63) is 72.1 Å². The molecule has 8 nitrogen and oxygen atoms in total. The second kappa shape index (κ2) is 8.02. The third kappa shape index (κ3) is 4.10. The zero-order chi connectivity index (χ0) is 18.4. The van der Waals surface area contributed by atoms with Crippen molar-refractivity contribution in [1.29, 1.82) is 0 Å². The summed E-state index contributed by atoms with van der Waals surface area (Å²) in [5.41, 5.74) is 1.95. The summed E-state index contributed by atoms with van der Waals surface area (Å²) in [5, 5.41) is 13.7. The summed E-state index contributed by atoms with van der Waals surface area (Å²) in [4.78, 5) is 24.7. The zero-order valence-electron chi connectivity index (χ0n) is 14.1. The van der Waals surface area contributed by atoms with E-state index in [9.17, 15) is 9.59 Å². The topological polar surface area (TPSA) is 99.0 Å². The Balaban J connectivity index is 1.77. The van der Waals surface area contributed by atoms with Gasteiger partial charge in [-0.05, 0) is 34.2 Å². The molecule has 1 heterocycles. The highest BCUT2D eigenvalue weighted by Gasteiger charge is 2.22. The number of esters is 1. The molecule has 1 aromatic heterocycles. The highest BCUT2D eigenvalue weighted by atomic mass is 16.5. The fourth-order valence-electron chi connectivity index (χ4n) is 2.50. The van der Waals surface area contributed by atoms with Crippen LogP contribution in [0.4, 0.5) is 0 Å². The molecule has 0 radical (unpaired) electrons. The Kier molecular flexibility index (Phi) is 5.33. The van der Waals surface area contributed by atoms with Gasteiger partial charge in [-0.3, -0.25) is 4.79 Å². The molecule has 0 saturated carbocycles. The summed E-state index contributed by atoms with van der Waals surface area (Å²) in [7, 11) is 1.30. The first-order valence-electron chi connectivity index (χ1n) is 7.93. The van der Waals surface area contributed by atoms with Gasteiger partial charge < -0.3 is 10.1 Å². The average molecular weight is 351 g/mol. The van der Waals surface area contributed by atoms with Crippen molar-refractivity contribution in [2.24, 2.45) is 0 Å². The van der Waals surface area contributed by atoms with Crippen molar-refractivity contribution < 1.29 is 14.3 Å². The summed E-state index contributed by atoms with van der Waals surface area (Å²) in [6, 6.07) is 15.4. The lowest BCUT2D eigenvalue weighted by Gasteiger charge is -2.17. The van der Waals surface area contributed by atoms with Crippen LogP contribution < -0.4 is 5.32 Å². The van der Waals surface area contributed by atoms with Gasteiger partial charge in [0.25, 0.3) is 5.91 Å². The molecule has 1 amide bonds.